The summed E-state index contributed by atoms with van der Waals surface area (Å²) in [6.07, 6.45) is 5.29. The molecule has 0 unspecified atom stereocenters. The van der Waals surface area contributed by atoms with Crippen molar-refractivity contribution < 1.29 is 8.42 Å². The number of fused-ring (bicyclic) bond motifs is 1. The summed E-state index contributed by atoms with van der Waals surface area (Å²) >= 11 is 0. The Balaban J connectivity index is 2.03. The van der Waals surface area contributed by atoms with Crippen LogP contribution in [0.3, 0.4) is 0 Å². The molecule has 0 amide bonds. The molecular weight excluding hydrogens is 308 g/mol. The maximum atomic E-state index is 12.9. The van der Waals surface area contributed by atoms with Crippen LogP contribution in [0.2, 0.25) is 0 Å². The minimum atomic E-state index is -3.50. The van der Waals surface area contributed by atoms with Crippen molar-refractivity contribution in [1.29, 1.82) is 0 Å². The van der Waals surface area contributed by atoms with Crippen LogP contribution in [0, 0.1) is 0 Å². The quantitative estimate of drug-likeness (QED) is 0.932. The van der Waals surface area contributed by atoms with Crippen molar-refractivity contribution in [2.45, 2.75) is 43.0 Å². The summed E-state index contributed by atoms with van der Waals surface area (Å²) in [5.74, 6) is 0. The van der Waals surface area contributed by atoms with E-state index in [2.05, 4.69) is 4.72 Å². The Morgan fingerprint density at radius 3 is 2.30 bits per heavy atom. The third kappa shape index (κ3) is 3.35. The van der Waals surface area contributed by atoms with E-state index in [0.29, 0.717) is 4.90 Å². The summed E-state index contributed by atoms with van der Waals surface area (Å²) in [4.78, 5) is 2.39. The lowest BCUT2D eigenvalue weighted by molar-refractivity contribution is 0.412. The molecule has 4 nitrogen and oxygen atoms in total. The van der Waals surface area contributed by atoms with Gasteiger partial charge in [0.1, 0.15) is 0 Å². The summed E-state index contributed by atoms with van der Waals surface area (Å²) in [7, 11) is 0.439. The van der Waals surface area contributed by atoms with Crippen LogP contribution in [0.25, 0.3) is 10.8 Å². The van der Waals surface area contributed by atoms with E-state index in [0.717, 1.165) is 42.1 Å². The van der Waals surface area contributed by atoms with E-state index in [9.17, 15) is 8.42 Å². The predicted octanol–water partition coefficient (Wildman–Crippen LogP) is 3.52. The van der Waals surface area contributed by atoms with Gasteiger partial charge in [0.2, 0.25) is 10.0 Å². The van der Waals surface area contributed by atoms with Crippen LogP contribution in [0.4, 0.5) is 5.69 Å². The van der Waals surface area contributed by atoms with Crippen molar-refractivity contribution >= 4 is 26.5 Å². The zero-order chi connectivity index (χ0) is 16.4. The van der Waals surface area contributed by atoms with E-state index in [-0.39, 0.29) is 6.04 Å². The van der Waals surface area contributed by atoms with Crippen LogP contribution in [-0.2, 0) is 10.0 Å². The molecule has 2 aromatic carbocycles. The Morgan fingerprint density at radius 2 is 1.61 bits per heavy atom. The highest BCUT2D eigenvalue weighted by Crippen LogP contribution is 2.30. The first-order valence-corrected chi connectivity index (χ1v) is 9.69. The van der Waals surface area contributed by atoms with E-state index in [1.165, 1.54) is 6.42 Å². The van der Waals surface area contributed by atoms with Gasteiger partial charge < -0.3 is 4.90 Å². The van der Waals surface area contributed by atoms with Gasteiger partial charge in [-0.25, -0.2) is 13.1 Å². The molecule has 5 heteroatoms. The zero-order valence-electron chi connectivity index (χ0n) is 13.7. The number of nitrogens with one attached hydrogen (secondary N) is 1. The molecule has 0 aliphatic heterocycles. The van der Waals surface area contributed by atoms with Gasteiger partial charge in [-0.3, -0.25) is 0 Å². The van der Waals surface area contributed by atoms with Gasteiger partial charge in [0.05, 0.1) is 4.90 Å². The van der Waals surface area contributed by atoms with Crippen LogP contribution in [0.15, 0.2) is 41.3 Å². The summed E-state index contributed by atoms with van der Waals surface area (Å²) in [5.41, 5.74) is 1.03. The van der Waals surface area contributed by atoms with Crippen molar-refractivity contribution in [3.05, 3.63) is 36.4 Å². The van der Waals surface area contributed by atoms with Crippen LogP contribution < -0.4 is 9.62 Å². The van der Waals surface area contributed by atoms with Crippen LogP contribution >= 0.6 is 0 Å². The largest absolute Gasteiger partial charge is 0.377 e. The van der Waals surface area contributed by atoms with Gasteiger partial charge in [-0.2, -0.15) is 0 Å². The number of nitrogens with zero attached hydrogens (tertiary/aromatic N) is 1. The first-order valence-electron chi connectivity index (χ1n) is 8.20. The topological polar surface area (TPSA) is 49.4 Å². The molecule has 0 bridgehead atoms. The standard InChI is InChI=1S/C18H24N2O2S/c1-20(2)17-12-6-11-16-15(17)10-7-13-18(16)23(21,22)19-14-8-4-3-5-9-14/h6-7,10-14,19H,3-5,8-9H2,1-2H3. The smallest absolute Gasteiger partial charge is 0.241 e. The van der Waals surface area contributed by atoms with E-state index < -0.39 is 10.0 Å². The van der Waals surface area contributed by atoms with Crippen molar-refractivity contribution in [1.82, 2.24) is 4.72 Å². The number of anilines is 1. The molecule has 0 aromatic heterocycles. The number of rotatable bonds is 4. The van der Waals surface area contributed by atoms with E-state index in [4.69, 9.17) is 0 Å². The second-order valence-corrected chi connectivity index (χ2v) is 8.16. The van der Waals surface area contributed by atoms with Gasteiger partial charge in [0, 0.05) is 36.6 Å². The highest BCUT2D eigenvalue weighted by molar-refractivity contribution is 7.89. The minimum absolute atomic E-state index is 0.0704. The van der Waals surface area contributed by atoms with Crippen molar-refractivity contribution in [3.8, 4) is 0 Å². The van der Waals surface area contributed by atoms with Crippen molar-refractivity contribution in [3.63, 3.8) is 0 Å². The Labute approximate surface area is 138 Å². The van der Waals surface area contributed by atoms with Gasteiger partial charge in [0.25, 0.3) is 0 Å². The maximum Gasteiger partial charge on any atom is 0.241 e. The molecule has 2 aromatic rings. The highest BCUT2D eigenvalue weighted by atomic mass is 32.2. The van der Waals surface area contributed by atoms with Gasteiger partial charge >= 0.3 is 0 Å². The third-order valence-corrected chi connectivity index (χ3v) is 6.14. The Hall–Kier alpha value is -1.59. The van der Waals surface area contributed by atoms with Crippen LogP contribution in [0.1, 0.15) is 32.1 Å². The molecule has 3 rings (SSSR count). The van der Waals surface area contributed by atoms with Crippen LogP contribution in [0.5, 0.6) is 0 Å². The molecule has 1 N–H and O–H groups in total. The molecule has 1 aliphatic carbocycles. The molecule has 0 heterocycles. The Bertz CT molecular complexity index is 794. The van der Waals surface area contributed by atoms with E-state index >= 15 is 0 Å². The van der Waals surface area contributed by atoms with Crippen LogP contribution in [-0.4, -0.2) is 28.6 Å². The van der Waals surface area contributed by atoms with E-state index in [1.807, 2.05) is 49.3 Å². The van der Waals surface area contributed by atoms with Crippen molar-refractivity contribution in [2.24, 2.45) is 0 Å². The summed E-state index contributed by atoms with van der Waals surface area (Å²) < 4.78 is 28.7. The molecule has 0 atom stereocenters. The average Bonchev–Trinajstić information content (AvgIpc) is 2.54. The highest BCUT2D eigenvalue weighted by Gasteiger charge is 2.23. The lowest BCUT2D eigenvalue weighted by atomic mass is 9.96. The number of hydrogen-bond donors (Lipinski definition) is 1. The zero-order valence-corrected chi connectivity index (χ0v) is 14.6. The third-order valence-electron chi connectivity index (χ3n) is 4.56. The fourth-order valence-electron chi connectivity index (χ4n) is 3.39. The second kappa shape index (κ2) is 6.49. The van der Waals surface area contributed by atoms with Gasteiger partial charge in [-0.1, -0.05) is 43.5 Å². The fraction of sp³-hybridized carbons (Fsp3) is 0.444. The van der Waals surface area contributed by atoms with Gasteiger partial charge in [-0.05, 0) is 25.0 Å². The summed E-state index contributed by atoms with van der Waals surface area (Å²) in [5, 5.41) is 1.74. The average molecular weight is 332 g/mol. The lowest BCUT2D eigenvalue weighted by Crippen LogP contribution is -2.36. The Kier molecular flexibility index (Phi) is 4.60. The molecule has 0 radical (unpaired) electrons. The van der Waals surface area contributed by atoms with Gasteiger partial charge in [0.15, 0.2) is 0 Å². The molecule has 0 saturated heterocycles. The molecular formula is C18H24N2O2S. The SMILES string of the molecule is CN(C)c1cccc2c(S(=O)(=O)NC3CCCCC3)cccc12. The second-order valence-electron chi connectivity index (χ2n) is 6.48. The lowest BCUT2D eigenvalue weighted by Gasteiger charge is -2.23. The van der Waals surface area contributed by atoms with Crippen molar-refractivity contribution in [2.75, 3.05) is 19.0 Å². The molecule has 0 spiro atoms. The predicted molar refractivity (Wildman–Crippen MR) is 95.5 cm³/mol. The molecule has 1 saturated carbocycles. The first kappa shape index (κ1) is 16.3. The molecule has 1 aliphatic rings. The number of benzene rings is 2. The number of sulfonamides is 1. The molecule has 124 valence electrons. The monoisotopic (exact) mass is 332 g/mol. The van der Waals surface area contributed by atoms with Gasteiger partial charge in [-0.15, -0.1) is 0 Å². The number of hydrogen-bond acceptors (Lipinski definition) is 3. The maximum absolute atomic E-state index is 12.9. The molecule has 1 fully saturated rings. The molecule has 23 heavy (non-hydrogen) atoms. The normalized spacial score (nSPS) is 16.6. The summed E-state index contributed by atoms with van der Waals surface area (Å²) in [6.45, 7) is 0. The minimum Gasteiger partial charge on any atom is -0.377 e. The first-order chi connectivity index (χ1) is 11.0. The Morgan fingerprint density at radius 1 is 0.957 bits per heavy atom. The van der Waals surface area contributed by atoms with E-state index in [1.54, 1.807) is 6.07 Å². The summed E-state index contributed by atoms with van der Waals surface area (Å²) in [6, 6.07) is 11.4. The fourth-order valence-corrected chi connectivity index (χ4v) is 4.92.